The maximum atomic E-state index is 12.5. The Kier molecular flexibility index (Phi) is 6.57. The Morgan fingerprint density at radius 1 is 0.967 bits per heavy atom. The predicted molar refractivity (Wildman–Crippen MR) is 122 cm³/mol. The monoisotopic (exact) mass is 422 g/mol. The molecule has 5 nitrogen and oxygen atoms in total. The standard InChI is InChI=1S/C24H28N4OS/c1-18-7-6-8-19(2)23(18)26-22(29)16-28-13-11-27(12-14-28)15-21-17-30-24(25-21)20-9-4-3-5-10-20/h3-10,17H,11-16H2,1-2H3,(H,26,29)/p+2. The van der Waals surface area contributed by atoms with Crippen LogP contribution in [0.2, 0.25) is 0 Å². The summed E-state index contributed by atoms with van der Waals surface area (Å²) >= 11 is 1.72. The Labute approximate surface area is 182 Å². The number of anilines is 1. The number of nitrogens with one attached hydrogen (secondary N) is 3. The minimum absolute atomic E-state index is 0.109. The van der Waals surface area contributed by atoms with Crippen molar-refractivity contribution in [3.05, 3.63) is 70.7 Å². The van der Waals surface area contributed by atoms with Crippen LogP contribution in [0.25, 0.3) is 10.6 Å². The molecule has 3 N–H and O–H groups in total. The third-order valence-electron chi connectivity index (χ3n) is 5.82. The average molecular weight is 423 g/mol. The average Bonchev–Trinajstić information content (AvgIpc) is 3.21. The molecule has 3 aromatic rings. The summed E-state index contributed by atoms with van der Waals surface area (Å²) in [5, 5.41) is 6.40. The maximum absolute atomic E-state index is 12.5. The van der Waals surface area contributed by atoms with E-state index < -0.39 is 0 Å². The summed E-state index contributed by atoms with van der Waals surface area (Å²) < 4.78 is 0. The first-order valence-electron chi connectivity index (χ1n) is 10.6. The largest absolute Gasteiger partial charge is 0.321 e. The molecule has 0 unspecified atom stereocenters. The van der Waals surface area contributed by atoms with Crippen LogP contribution in [0, 0.1) is 13.8 Å². The molecule has 2 aromatic carbocycles. The zero-order valence-corrected chi connectivity index (χ0v) is 18.5. The molecule has 1 aromatic heterocycles. The summed E-state index contributed by atoms with van der Waals surface area (Å²) in [6, 6.07) is 16.5. The van der Waals surface area contributed by atoms with Gasteiger partial charge in [-0.25, -0.2) is 4.98 Å². The van der Waals surface area contributed by atoms with E-state index in [2.05, 4.69) is 35.0 Å². The van der Waals surface area contributed by atoms with Crippen LogP contribution in [-0.2, 0) is 11.3 Å². The van der Waals surface area contributed by atoms with Crippen molar-refractivity contribution < 1.29 is 14.6 Å². The summed E-state index contributed by atoms with van der Waals surface area (Å²) in [5.74, 6) is 0.109. The fraction of sp³-hybridized carbons (Fsp3) is 0.333. The number of nitrogens with zero attached hydrogens (tertiary/aromatic N) is 1. The van der Waals surface area contributed by atoms with Crippen LogP contribution in [0.1, 0.15) is 16.8 Å². The number of aromatic nitrogens is 1. The summed E-state index contributed by atoms with van der Waals surface area (Å²) in [6.45, 7) is 9.77. The van der Waals surface area contributed by atoms with Crippen LogP contribution in [0.15, 0.2) is 53.9 Å². The molecule has 4 rings (SSSR count). The molecule has 1 aliphatic heterocycles. The number of carbonyl (C=O) groups is 1. The fourth-order valence-electron chi connectivity index (χ4n) is 4.09. The second-order valence-corrected chi connectivity index (χ2v) is 9.04. The second-order valence-electron chi connectivity index (χ2n) is 8.18. The molecule has 0 spiro atoms. The molecule has 0 saturated carbocycles. The van der Waals surface area contributed by atoms with Gasteiger partial charge in [0.05, 0.1) is 0 Å². The van der Waals surface area contributed by atoms with Gasteiger partial charge in [0.2, 0.25) is 0 Å². The van der Waals surface area contributed by atoms with Gasteiger partial charge in [0.15, 0.2) is 6.54 Å². The predicted octanol–water partition coefficient (Wildman–Crippen LogP) is 1.35. The lowest BCUT2D eigenvalue weighted by molar-refractivity contribution is -1.02. The van der Waals surface area contributed by atoms with Gasteiger partial charge in [-0.05, 0) is 25.0 Å². The number of thiazole rings is 1. The van der Waals surface area contributed by atoms with Gasteiger partial charge >= 0.3 is 0 Å². The summed E-state index contributed by atoms with van der Waals surface area (Å²) in [7, 11) is 0. The van der Waals surface area contributed by atoms with E-state index in [9.17, 15) is 4.79 Å². The van der Waals surface area contributed by atoms with E-state index in [-0.39, 0.29) is 5.91 Å². The van der Waals surface area contributed by atoms with Crippen LogP contribution in [-0.4, -0.2) is 43.6 Å². The number of hydrogen-bond donors (Lipinski definition) is 3. The molecule has 0 bridgehead atoms. The van der Waals surface area contributed by atoms with Crippen LogP contribution in [0.3, 0.4) is 0 Å². The van der Waals surface area contributed by atoms with E-state index in [1.807, 2.05) is 38.1 Å². The van der Waals surface area contributed by atoms with Gasteiger partial charge in [-0.1, -0.05) is 48.5 Å². The number of benzene rings is 2. The first-order valence-corrected chi connectivity index (χ1v) is 11.5. The molecule has 0 radical (unpaired) electrons. The van der Waals surface area contributed by atoms with Gasteiger partial charge in [-0.2, -0.15) is 0 Å². The van der Waals surface area contributed by atoms with Gasteiger partial charge in [0.25, 0.3) is 5.91 Å². The van der Waals surface area contributed by atoms with Gasteiger partial charge in [0, 0.05) is 16.6 Å². The van der Waals surface area contributed by atoms with E-state index >= 15 is 0 Å². The van der Waals surface area contributed by atoms with Crippen LogP contribution in [0.5, 0.6) is 0 Å². The minimum Gasteiger partial charge on any atom is -0.321 e. The van der Waals surface area contributed by atoms with Crippen LogP contribution < -0.4 is 15.1 Å². The van der Waals surface area contributed by atoms with Crippen molar-refractivity contribution in [3.63, 3.8) is 0 Å². The quantitative estimate of drug-likeness (QED) is 0.562. The molecule has 1 amide bonds. The van der Waals surface area contributed by atoms with Crippen molar-refractivity contribution in [2.24, 2.45) is 0 Å². The number of quaternary nitrogens is 2. The number of aryl methyl sites for hydroxylation is 2. The third kappa shape index (κ3) is 5.14. The maximum Gasteiger partial charge on any atom is 0.279 e. The fourth-order valence-corrected chi connectivity index (χ4v) is 4.92. The van der Waals surface area contributed by atoms with E-state index in [4.69, 9.17) is 4.98 Å². The Bertz CT molecular complexity index is 973. The second kappa shape index (κ2) is 9.51. The first kappa shape index (κ1) is 20.7. The molecule has 2 heterocycles. The van der Waals surface area contributed by atoms with Crippen molar-refractivity contribution in [2.45, 2.75) is 20.4 Å². The molecule has 1 aliphatic rings. The van der Waals surface area contributed by atoms with Gasteiger partial charge in [0.1, 0.15) is 43.4 Å². The van der Waals surface area contributed by atoms with Gasteiger partial charge in [-0.15, -0.1) is 11.3 Å². The highest BCUT2D eigenvalue weighted by atomic mass is 32.1. The lowest BCUT2D eigenvalue weighted by Gasteiger charge is -2.29. The Hall–Kier alpha value is -2.54. The zero-order chi connectivity index (χ0) is 20.9. The highest BCUT2D eigenvalue weighted by molar-refractivity contribution is 7.13. The Morgan fingerprint density at radius 3 is 2.33 bits per heavy atom. The highest BCUT2D eigenvalue weighted by Gasteiger charge is 2.25. The Balaban J connectivity index is 1.25. The minimum atomic E-state index is 0.109. The van der Waals surface area contributed by atoms with E-state index in [0.717, 1.165) is 54.5 Å². The van der Waals surface area contributed by atoms with Crippen LogP contribution in [0.4, 0.5) is 5.69 Å². The first-order chi connectivity index (χ1) is 14.6. The number of amides is 1. The van der Waals surface area contributed by atoms with Crippen LogP contribution >= 0.6 is 11.3 Å². The van der Waals surface area contributed by atoms with E-state index in [1.165, 1.54) is 16.2 Å². The Morgan fingerprint density at radius 2 is 1.63 bits per heavy atom. The third-order valence-corrected chi connectivity index (χ3v) is 6.76. The van der Waals surface area contributed by atoms with Gasteiger partial charge < -0.3 is 15.1 Å². The van der Waals surface area contributed by atoms with Gasteiger partial charge in [-0.3, -0.25) is 4.79 Å². The number of rotatable bonds is 6. The number of piperazine rings is 1. The van der Waals surface area contributed by atoms with Crippen molar-refractivity contribution in [2.75, 3.05) is 38.0 Å². The molecule has 0 atom stereocenters. The molecular formula is C24H30N4OS+2. The molecule has 6 heteroatoms. The van der Waals surface area contributed by atoms with Crippen molar-refractivity contribution in [1.29, 1.82) is 0 Å². The molecule has 156 valence electrons. The SMILES string of the molecule is Cc1cccc(C)c1NC(=O)C[NH+]1CC[NH+](Cc2csc(-c3ccccc3)n2)CC1. The summed E-state index contributed by atoms with van der Waals surface area (Å²) in [5.41, 5.74) is 5.55. The lowest BCUT2D eigenvalue weighted by atomic mass is 10.1. The molecule has 0 aliphatic carbocycles. The van der Waals surface area contributed by atoms with Crippen molar-refractivity contribution in [1.82, 2.24) is 4.98 Å². The normalized spacial score (nSPS) is 18.9. The number of carbonyl (C=O) groups excluding carboxylic acids is 1. The number of para-hydroxylation sites is 1. The summed E-state index contributed by atoms with van der Waals surface area (Å²) in [6.07, 6.45) is 0. The number of hydrogen-bond acceptors (Lipinski definition) is 3. The highest BCUT2D eigenvalue weighted by Crippen LogP contribution is 2.23. The van der Waals surface area contributed by atoms with Crippen molar-refractivity contribution >= 4 is 22.9 Å². The lowest BCUT2D eigenvalue weighted by Crippen LogP contribution is -3.28. The molecule has 1 fully saturated rings. The molecular weight excluding hydrogens is 392 g/mol. The zero-order valence-electron chi connectivity index (χ0n) is 17.7. The van der Waals surface area contributed by atoms with Crippen molar-refractivity contribution in [3.8, 4) is 10.6 Å². The molecule has 1 saturated heterocycles. The molecule has 30 heavy (non-hydrogen) atoms. The summed E-state index contributed by atoms with van der Waals surface area (Å²) in [4.78, 5) is 20.3. The van der Waals surface area contributed by atoms with E-state index in [1.54, 1.807) is 16.2 Å². The van der Waals surface area contributed by atoms with E-state index in [0.29, 0.717) is 6.54 Å². The topological polar surface area (TPSA) is 50.9 Å². The smallest absolute Gasteiger partial charge is 0.279 e.